The second kappa shape index (κ2) is 5.38. The first-order chi connectivity index (χ1) is 6.26. The Morgan fingerprint density at radius 3 is 2.77 bits per heavy atom. The smallest absolute Gasteiger partial charge is 0.182 e. The van der Waals surface area contributed by atoms with Crippen molar-refractivity contribution in [3.8, 4) is 0 Å². The van der Waals surface area contributed by atoms with Crippen LogP contribution in [-0.4, -0.2) is 16.9 Å². The van der Waals surface area contributed by atoms with E-state index in [9.17, 15) is 9.13 Å². The zero-order valence-corrected chi connectivity index (χ0v) is 9.53. The average Bonchev–Trinajstić information content (AvgIpc) is 2.53. The van der Waals surface area contributed by atoms with Crippen LogP contribution in [0.25, 0.3) is 0 Å². The molecule has 0 radical (unpaired) electrons. The van der Waals surface area contributed by atoms with Crippen LogP contribution in [0.4, 0.5) is 5.13 Å². The lowest BCUT2D eigenvalue weighted by molar-refractivity contribution is 0.588. The molecule has 0 aliphatic rings. The molecule has 0 aliphatic heterocycles. The van der Waals surface area contributed by atoms with Gasteiger partial charge in [0.1, 0.15) is 5.40 Å². The predicted molar refractivity (Wildman–Crippen MR) is 54.3 cm³/mol. The van der Waals surface area contributed by atoms with Gasteiger partial charge in [0, 0.05) is 11.9 Å². The summed E-state index contributed by atoms with van der Waals surface area (Å²) in [6.45, 7) is 2.31. The number of nitrogens with zero attached hydrogens (tertiary/aromatic N) is 1. The third-order valence-electron chi connectivity index (χ3n) is 1.30. The minimum atomic E-state index is -0.385. The zero-order valence-electron chi connectivity index (χ0n) is 6.93. The number of anilines is 1. The molecule has 0 saturated heterocycles. The minimum Gasteiger partial charge on any atom is -0.360 e. The lowest BCUT2D eigenvalue weighted by Gasteiger charge is -2.00. The average molecular weight is 234 g/mol. The normalized spacial score (nSPS) is 13.3. The number of rotatable bonds is 5. The molecule has 0 aromatic carbocycles. The lowest BCUT2D eigenvalue weighted by Crippen LogP contribution is -2.08. The van der Waals surface area contributed by atoms with E-state index in [1.165, 1.54) is 11.3 Å². The molecule has 1 aromatic rings. The van der Waals surface area contributed by atoms with Crippen molar-refractivity contribution in [2.45, 2.75) is 12.3 Å². The van der Waals surface area contributed by atoms with Crippen LogP contribution in [0.3, 0.4) is 0 Å². The molecule has 0 fully saturated rings. The number of nitrogens with one attached hydrogen (secondary N) is 1. The molecule has 0 amide bonds. The van der Waals surface area contributed by atoms with Crippen LogP contribution >= 0.6 is 28.3 Å². The van der Waals surface area contributed by atoms with Crippen molar-refractivity contribution in [2.75, 3.05) is 11.9 Å². The first-order valence-corrected chi connectivity index (χ1v) is 6.21. The van der Waals surface area contributed by atoms with Gasteiger partial charge in [0.25, 0.3) is 0 Å². The largest absolute Gasteiger partial charge is 0.360 e. The summed E-state index contributed by atoms with van der Waals surface area (Å²) in [5.74, 6) is 0. The fourth-order valence-corrected chi connectivity index (χ4v) is 1.89. The second-order valence-electron chi connectivity index (χ2n) is 2.37. The molecule has 1 rings (SSSR count). The molecule has 1 aromatic heterocycles. The molecule has 0 aliphatic carbocycles. The third-order valence-corrected chi connectivity index (χ3v) is 3.63. The van der Waals surface area contributed by atoms with Gasteiger partial charge in [-0.1, -0.05) is 0 Å². The highest BCUT2D eigenvalue weighted by Crippen LogP contribution is 2.21. The number of aromatic nitrogens is 1. The Kier molecular flexibility index (Phi) is 4.43. The minimum absolute atomic E-state index is 0.109. The van der Waals surface area contributed by atoms with Crippen LogP contribution in [0, 0.1) is 6.92 Å². The SMILES string of the molecule is Cc1csc(NCC(P=O)P=O)n1. The van der Waals surface area contributed by atoms with Crippen LogP contribution in [0.2, 0.25) is 0 Å². The van der Waals surface area contributed by atoms with Gasteiger partial charge in [-0.15, -0.1) is 11.3 Å². The summed E-state index contributed by atoms with van der Waals surface area (Å²) in [5.41, 5.74) is 0.948. The van der Waals surface area contributed by atoms with Gasteiger partial charge in [-0.25, -0.2) is 4.98 Å². The molecule has 1 N–H and O–H groups in total. The molecular weight excluding hydrogens is 226 g/mol. The molecule has 0 spiro atoms. The molecule has 0 atom stereocenters. The maximum atomic E-state index is 10.4. The highest BCUT2D eigenvalue weighted by molar-refractivity contribution is 7.44. The van der Waals surface area contributed by atoms with Crippen LogP contribution in [0.5, 0.6) is 0 Å². The lowest BCUT2D eigenvalue weighted by atomic mass is 10.6. The quantitative estimate of drug-likeness (QED) is 0.796. The first kappa shape index (κ1) is 10.7. The van der Waals surface area contributed by atoms with Crippen LogP contribution in [0.1, 0.15) is 5.69 Å². The monoisotopic (exact) mass is 234 g/mol. The number of hydrogen-bond donors (Lipinski definition) is 1. The predicted octanol–water partition coefficient (Wildman–Crippen LogP) is 2.77. The summed E-state index contributed by atoms with van der Waals surface area (Å²) in [6, 6.07) is 0. The van der Waals surface area contributed by atoms with Crippen molar-refractivity contribution in [3.63, 3.8) is 0 Å². The molecule has 1 heterocycles. The first-order valence-electron chi connectivity index (χ1n) is 3.57. The van der Waals surface area contributed by atoms with Gasteiger partial charge in [0.15, 0.2) is 22.1 Å². The molecule has 70 valence electrons. The summed E-state index contributed by atoms with van der Waals surface area (Å²) >= 11 is 1.48. The Morgan fingerprint density at radius 1 is 1.62 bits per heavy atom. The number of aryl methyl sites for hydroxylation is 1. The van der Waals surface area contributed by atoms with Gasteiger partial charge in [0.05, 0.1) is 5.69 Å². The molecule has 0 unspecified atom stereocenters. The van der Waals surface area contributed by atoms with Crippen molar-refractivity contribution in [2.24, 2.45) is 0 Å². The zero-order chi connectivity index (χ0) is 9.68. The van der Waals surface area contributed by atoms with Gasteiger partial charge in [0.2, 0.25) is 0 Å². The Labute approximate surface area is 83.2 Å². The number of hydrogen-bond acceptors (Lipinski definition) is 5. The topological polar surface area (TPSA) is 59.1 Å². The fraction of sp³-hybridized carbons (Fsp3) is 0.500. The van der Waals surface area contributed by atoms with Crippen molar-refractivity contribution in [3.05, 3.63) is 11.1 Å². The summed E-state index contributed by atoms with van der Waals surface area (Å²) < 4.78 is 20.8. The fourth-order valence-electron chi connectivity index (χ4n) is 0.708. The Morgan fingerprint density at radius 2 is 2.31 bits per heavy atom. The van der Waals surface area contributed by atoms with E-state index >= 15 is 0 Å². The summed E-state index contributed by atoms with van der Waals surface area (Å²) in [4.78, 5) is 4.15. The molecule has 4 nitrogen and oxygen atoms in total. The van der Waals surface area contributed by atoms with E-state index < -0.39 is 0 Å². The van der Waals surface area contributed by atoms with Crippen LogP contribution in [-0.2, 0) is 9.13 Å². The van der Waals surface area contributed by atoms with Gasteiger partial charge in [-0.05, 0) is 6.92 Å². The molecule has 0 bridgehead atoms. The van der Waals surface area contributed by atoms with Crippen LogP contribution < -0.4 is 5.32 Å². The highest BCUT2D eigenvalue weighted by atomic mass is 32.1. The van der Waals surface area contributed by atoms with E-state index in [-0.39, 0.29) is 22.3 Å². The molecule has 0 saturated carbocycles. The molecule has 13 heavy (non-hydrogen) atoms. The van der Waals surface area contributed by atoms with Gasteiger partial charge >= 0.3 is 0 Å². The maximum Gasteiger partial charge on any atom is 0.182 e. The van der Waals surface area contributed by atoms with Crippen molar-refractivity contribution in [1.82, 2.24) is 4.98 Å². The van der Waals surface area contributed by atoms with E-state index in [1.54, 1.807) is 0 Å². The van der Waals surface area contributed by atoms with E-state index in [0.717, 1.165) is 10.8 Å². The van der Waals surface area contributed by atoms with Gasteiger partial charge in [-0.2, -0.15) is 0 Å². The van der Waals surface area contributed by atoms with E-state index in [4.69, 9.17) is 0 Å². The van der Waals surface area contributed by atoms with E-state index in [2.05, 4.69) is 10.3 Å². The summed E-state index contributed by atoms with van der Waals surface area (Å²) in [7, 11) is -0.218. The van der Waals surface area contributed by atoms with Crippen LogP contribution in [0.15, 0.2) is 5.38 Å². The molecular formula is C6H8N2O2P2S. The summed E-state index contributed by atoms with van der Waals surface area (Å²) in [6.07, 6.45) is 0. The number of thiazole rings is 1. The Bertz CT molecular complexity index is 297. The van der Waals surface area contributed by atoms with Gasteiger partial charge in [-0.3, -0.25) is 9.13 Å². The van der Waals surface area contributed by atoms with E-state index in [0.29, 0.717) is 6.54 Å². The molecule has 7 heteroatoms. The van der Waals surface area contributed by atoms with E-state index in [1.807, 2.05) is 12.3 Å². The summed E-state index contributed by atoms with van der Waals surface area (Å²) in [5, 5.41) is 5.27. The second-order valence-corrected chi connectivity index (χ2v) is 5.30. The van der Waals surface area contributed by atoms with Crippen molar-refractivity contribution < 1.29 is 9.13 Å². The third kappa shape index (κ3) is 3.47. The van der Waals surface area contributed by atoms with Crippen molar-refractivity contribution in [1.29, 1.82) is 0 Å². The van der Waals surface area contributed by atoms with Crippen molar-refractivity contribution >= 4 is 33.4 Å². The Balaban J connectivity index is 2.42. The standard InChI is InChI=1S/C6H8N2O2P2S/c1-4-3-13-6(8-4)7-2-5(11-9)12-10/h3,5H,2H2,1H3,(H,7,8). The van der Waals surface area contributed by atoms with Gasteiger partial charge < -0.3 is 5.32 Å². The maximum absolute atomic E-state index is 10.4. The Hall–Kier alpha value is -0.370. The highest BCUT2D eigenvalue weighted by Gasteiger charge is 2.08.